The monoisotopic (exact) mass is 309 g/mol. The van der Waals surface area contributed by atoms with E-state index in [0.29, 0.717) is 6.54 Å². The summed E-state index contributed by atoms with van der Waals surface area (Å²) in [5, 5.41) is 0. The maximum absolute atomic E-state index is 13.2. The molecule has 0 aliphatic rings. The summed E-state index contributed by atoms with van der Waals surface area (Å²) in [5.41, 5.74) is 0. The van der Waals surface area contributed by atoms with Crippen molar-refractivity contribution in [2.75, 3.05) is 6.54 Å². The molecule has 0 heterocycles. The summed E-state index contributed by atoms with van der Waals surface area (Å²) >= 11 is 2.97. The van der Waals surface area contributed by atoms with Crippen LogP contribution in [0.5, 0.6) is 0 Å². The predicted octanol–water partition coefficient (Wildman–Crippen LogP) is 2.67. The van der Waals surface area contributed by atoms with Crippen LogP contribution in [0.2, 0.25) is 0 Å². The summed E-state index contributed by atoms with van der Waals surface area (Å²) in [5.74, 6) is -0.585. The van der Waals surface area contributed by atoms with Gasteiger partial charge in [0.15, 0.2) is 0 Å². The summed E-state index contributed by atoms with van der Waals surface area (Å²) in [7, 11) is -3.58. The van der Waals surface area contributed by atoms with Crippen molar-refractivity contribution >= 4 is 26.0 Å². The van der Waals surface area contributed by atoms with Crippen molar-refractivity contribution in [1.29, 1.82) is 0 Å². The highest BCUT2D eigenvalue weighted by molar-refractivity contribution is 9.10. The lowest BCUT2D eigenvalue weighted by molar-refractivity contribution is 0.574. The van der Waals surface area contributed by atoms with Gasteiger partial charge in [-0.2, -0.15) is 0 Å². The third-order valence-corrected chi connectivity index (χ3v) is 4.13. The molecule has 0 aromatic heterocycles. The smallest absolute Gasteiger partial charge is 0.211 e. The van der Waals surface area contributed by atoms with E-state index < -0.39 is 15.8 Å². The Morgan fingerprint density at radius 1 is 1.44 bits per heavy atom. The van der Waals surface area contributed by atoms with Crippen LogP contribution in [-0.2, 0) is 10.0 Å². The molecular weight excluding hydrogens is 297 g/mol. The Labute approximate surface area is 103 Å². The van der Waals surface area contributed by atoms with Crippen LogP contribution >= 0.6 is 15.9 Å². The van der Waals surface area contributed by atoms with E-state index in [-0.39, 0.29) is 9.37 Å². The van der Waals surface area contributed by atoms with E-state index in [4.69, 9.17) is 0 Å². The molecule has 0 unspecified atom stereocenters. The number of rotatable bonds is 5. The largest absolute Gasteiger partial charge is 0.240 e. The molecule has 0 bridgehead atoms. The zero-order valence-corrected chi connectivity index (χ0v) is 11.2. The van der Waals surface area contributed by atoms with Crippen LogP contribution in [0.25, 0.3) is 0 Å². The molecule has 6 heteroatoms. The molecule has 0 fully saturated rings. The lowest BCUT2D eigenvalue weighted by atomic mass is 10.3. The van der Waals surface area contributed by atoms with E-state index in [9.17, 15) is 12.8 Å². The first-order valence-electron chi connectivity index (χ1n) is 4.92. The third-order valence-electron chi connectivity index (χ3n) is 2.02. The minimum Gasteiger partial charge on any atom is -0.211 e. The van der Waals surface area contributed by atoms with Gasteiger partial charge in [-0.15, -0.1) is 0 Å². The van der Waals surface area contributed by atoms with E-state index >= 15 is 0 Å². The average Bonchev–Trinajstić information content (AvgIpc) is 2.22. The van der Waals surface area contributed by atoms with Crippen LogP contribution in [-0.4, -0.2) is 15.0 Å². The molecule has 3 nitrogen and oxygen atoms in total. The summed E-state index contributed by atoms with van der Waals surface area (Å²) in [6.45, 7) is 2.34. The molecule has 0 spiro atoms. The Balaban J connectivity index is 2.86. The van der Waals surface area contributed by atoms with E-state index in [1.54, 1.807) is 0 Å². The van der Waals surface area contributed by atoms with Crippen molar-refractivity contribution in [2.24, 2.45) is 0 Å². The number of nitrogens with one attached hydrogen (secondary N) is 1. The topological polar surface area (TPSA) is 46.2 Å². The van der Waals surface area contributed by atoms with Crippen LogP contribution in [0.1, 0.15) is 19.8 Å². The van der Waals surface area contributed by atoms with Crippen molar-refractivity contribution in [3.63, 3.8) is 0 Å². The predicted molar refractivity (Wildman–Crippen MR) is 64.2 cm³/mol. The summed E-state index contributed by atoms with van der Waals surface area (Å²) in [6, 6.07) is 3.74. The quantitative estimate of drug-likeness (QED) is 0.850. The molecule has 0 atom stereocenters. The fourth-order valence-corrected chi connectivity index (χ4v) is 2.44. The highest BCUT2D eigenvalue weighted by Gasteiger charge is 2.14. The van der Waals surface area contributed by atoms with Gasteiger partial charge in [-0.3, -0.25) is 0 Å². The second-order valence-corrected chi connectivity index (χ2v) is 5.95. The lowest BCUT2D eigenvalue weighted by Crippen LogP contribution is -2.24. The third kappa shape index (κ3) is 3.54. The average molecular weight is 310 g/mol. The van der Waals surface area contributed by atoms with Crippen molar-refractivity contribution in [3.8, 4) is 0 Å². The van der Waals surface area contributed by atoms with Gasteiger partial charge in [-0.25, -0.2) is 17.5 Å². The van der Waals surface area contributed by atoms with Gasteiger partial charge in [-0.05, 0) is 40.5 Å². The zero-order valence-electron chi connectivity index (χ0n) is 8.83. The fraction of sp³-hybridized carbons (Fsp3) is 0.400. The van der Waals surface area contributed by atoms with E-state index in [0.717, 1.165) is 18.9 Å². The Hall–Kier alpha value is -0.460. The molecule has 1 rings (SSSR count). The van der Waals surface area contributed by atoms with Gasteiger partial charge in [0.05, 0.1) is 9.37 Å². The number of benzene rings is 1. The van der Waals surface area contributed by atoms with Crippen LogP contribution < -0.4 is 4.72 Å². The molecular formula is C10H13BrFNO2S. The van der Waals surface area contributed by atoms with Crippen LogP contribution in [0.15, 0.2) is 27.6 Å². The molecule has 1 aromatic rings. The lowest BCUT2D eigenvalue weighted by Gasteiger charge is -2.06. The maximum Gasteiger partial charge on any atom is 0.240 e. The van der Waals surface area contributed by atoms with Crippen molar-refractivity contribution < 1.29 is 12.8 Å². The van der Waals surface area contributed by atoms with Gasteiger partial charge in [0.25, 0.3) is 0 Å². The van der Waals surface area contributed by atoms with E-state index in [1.165, 1.54) is 12.1 Å². The summed E-state index contributed by atoms with van der Waals surface area (Å²) < 4.78 is 39.2. The summed E-state index contributed by atoms with van der Waals surface area (Å²) in [6.07, 6.45) is 1.66. The molecule has 0 radical (unpaired) electrons. The molecule has 1 aromatic carbocycles. The number of halogens is 2. The standard InChI is InChI=1S/C10H13BrFNO2S/c1-2-3-6-13-16(14,15)8-4-5-9(11)10(12)7-8/h4-5,7,13H,2-3,6H2,1H3. The molecule has 0 aliphatic heterocycles. The maximum atomic E-state index is 13.2. The van der Waals surface area contributed by atoms with Gasteiger partial charge in [-0.1, -0.05) is 13.3 Å². The van der Waals surface area contributed by atoms with Gasteiger partial charge >= 0.3 is 0 Å². The van der Waals surface area contributed by atoms with E-state index in [2.05, 4.69) is 20.7 Å². The highest BCUT2D eigenvalue weighted by Crippen LogP contribution is 2.19. The van der Waals surface area contributed by atoms with Gasteiger partial charge in [0.1, 0.15) is 5.82 Å². The summed E-state index contributed by atoms with van der Waals surface area (Å²) in [4.78, 5) is -0.0516. The molecule has 90 valence electrons. The van der Waals surface area contributed by atoms with E-state index in [1.807, 2.05) is 6.92 Å². The number of hydrogen-bond donors (Lipinski definition) is 1. The molecule has 0 aliphatic carbocycles. The Morgan fingerprint density at radius 3 is 2.69 bits per heavy atom. The van der Waals surface area contributed by atoms with Gasteiger partial charge in [0, 0.05) is 6.54 Å². The van der Waals surface area contributed by atoms with Gasteiger partial charge < -0.3 is 0 Å². The van der Waals surface area contributed by atoms with Crippen LogP contribution in [0, 0.1) is 5.82 Å². The van der Waals surface area contributed by atoms with Gasteiger partial charge in [0.2, 0.25) is 10.0 Å². The fourth-order valence-electron chi connectivity index (χ4n) is 1.11. The Kier molecular flexibility index (Phi) is 4.89. The molecule has 1 N–H and O–H groups in total. The van der Waals surface area contributed by atoms with Crippen molar-refractivity contribution in [3.05, 3.63) is 28.5 Å². The first-order chi connectivity index (χ1) is 7.47. The van der Waals surface area contributed by atoms with Crippen molar-refractivity contribution in [1.82, 2.24) is 4.72 Å². The minimum atomic E-state index is -3.58. The normalized spacial score (nSPS) is 11.7. The Bertz CT molecular complexity index is 462. The first kappa shape index (κ1) is 13.6. The second-order valence-electron chi connectivity index (χ2n) is 3.33. The minimum absolute atomic E-state index is 0.0516. The zero-order chi connectivity index (χ0) is 12.2. The Morgan fingerprint density at radius 2 is 2.12 bits per heavy atom. The second kappa shape index (κ2) is 5.75. The molecule has 16 heavy (non-hydrogen) atoms. The number of sulfonamides is 1. The molecule has 0 saturated heterocycles. The SMILES string of the molecule is CCCCNS(=O)(=O)c1ccc(Br)c(F)c1. The number of hydrogen-bond acceptors (Lipinski definition) is 2. The number of unbranched alkanes of at least 4 members (excludes halogenated alkanes) is 1. The molecule has 0 amide bonds. The van der Waals surface area contributed by atoms with Crippen LogP contribution in [0.4, 0.5) is 4.39 Å². The highest BCUT2D eigenvalue weighted by atomic mass is 79.9. The van der Waals surface area contributed by atoms with Crippen molar-refractivity contribution in [2.45, 2.75) is 24.7 Å². The first-order valence-corrected chi connectivity index (χ1v) is 7.19. The molecule has 0 saturated carbocycles. The van der Waals surface area contributed by atoms with Crippen LogP contribution in [0.3, 0.4) is 0 Å².